The molecule has 2 aliphatic heterocycles. The maximum absolute atomic E-state index is 13.4. The predicted molar refractivity (Wildman–Crippen MR) is 166 cm³/mol. The van der Waals surface area contributed by atoms with Crippen LogP contribution in [-0.4, -0.2) is 50.4 Å². The first-order valence-corrected chi connectivity index (χ1v) is 15.9. The van der Waals surface area contributed by atoms with Crippen molar-refractivity contribution in [3.8, 4) is 6.07 Å². The van der Waals surface area contributed by atoms with Gasteiger partial charge in [-0.25, -0.2) is 0 Å². The van der Waals surface area contributed by atoms with E-state index in [1.165, 1.54) is 11.8 Å². The minimum Gasteiger partial charge on any atom is -0.481 e. The molecule has 2 aliphatic rings. The molecule has 1 aromatic heterocycles. The molecule has 1 aromatic rings. The Morgan fingerprint density at radius 1 is 1.02 bits per heavy atom. The van der Waals surface area contributed by atoms with Crippen molar-refractivity contribution >= 4 is 52.1 Å². The van der Waals surface area contributed by atoms with Gasteiger partial charge in [0.2, 0.25) is 0 Å². The molecule has 3 rings (SSSR count). The Bertz CT molecular complexity index is 1210. The minimum atomic E-state index is -0.726. The second-order valence-electron chi connectivity index (χ2n) is 10.6. The van der Waals surface area contributed by atoms with Gasteiger partial charge in [-0.15, -0.1) is 0 Å². The third kappa shape index (κ3) is 8.20. The average molecular weight is 587 g/mol. The molecule has 2 fully saturated rings. The van der Waals surface area contributed by atoms with Crippen LogP contribution in [0.5, 0.6) is 0 Å². The Morgan fingerprint density at radius 3 is 2.20 bits per heavy atom. The van der Waals surface area contributed by atoms with E-state index in [4.69, 9.17) is 17.3 Å². The zero-order valence-corrected chi connectivity index (χ0v) is 25.5. The summed E-state index contributed by atoms with van der Waals surface area (Å²) < 4.78 is 2.24. The summed E-state index contributed by atoms with van der Waals surface area (Å²) in [4.78, 5) is 41.7. The number of aliphatic carboxylic acids is 1. The number of hydrogen-bond donors (Lipinski definition) is 1. The standard InChI is InChI=1S/C30H42N4O4S2/c1-3-33-27(32-17-13-10-11-14-18-32)23(22(2)24(21-31)28(33)37)20-25-29(38)34(30(39)40-25)19-15-9-7-5-4-6-8-12-16-26(35)36/h20H,3-19H2,1-2H3,(H,35,36)/b25-20+. The van der Waals surface area contributed by atoms with Crippen LogP contribution in [0.1, 0.15) is 107 Å². The second kappa shape index (κ2) is 16.0. The number of carbonyl (C=O) groups excluding carboxylic acids is 1. The molecular formula is C30H42N4O4S2. The van der Waals surface area contributed by atoms with E-state index in [-0.39, 0.29) is 23.5 Å². The highest BCUT2D eigenvalue weighted by atomic mass is 32.2. The number of rotatable bonds is 14. The summed E-state index contributed by atoms with van der Waals surface area (Å²) in [6, 6.07) is 2.11. The molecule has 8 nitrogen and oxygen atoms in total. The summed E-state index contributed by atoms with van der Waals surface area (Å²) in [7, 11) is 0. The van der Waals surface area contributed by atoms with Crippen LogP contribution in [-0.2, 0) is 16.1 Å². The number of carbonyl (C=O) groups is 2. The van der Waals surface area contributed by atoms with Gasteiger partial charge in [-0.2, -0.15) is 5.26 Å². The van der Waals surface area contributed by atoms with E-state index in [0.29, 0.717) is 27.9 Å². The first kappa shape index (κ1) is 31.9. The number of nitriles is 1. The number of amides is 1. The van der Waals surface area contributed by atoms with Crippen LogP contribution in [0.25, 0.3) is 6.08 Å². The number of anilines is 1. The van der Waals surface area contributed by atoms with Gasteiger partial charge in [0.05, 0.1) is 4.91 Å². The number of thiocarbonyl (C=S) groups is 1. The van der Waals surface area contributed by atoms with Gasteiger partial charge < -0.3 is 10.0 Å². The van der Waals surface area contributed by atoms with Gasteiger partial charge in [-0.05, 0) is 51.2 Å². The summed E-state index contributed by atoms with van der Waals surface area (Å²) in [5.74, 6) is -0.0306. The van der Waals surface area contributed by atoms with E-state index in [0.717, 1.165) is 102 Å². The zero-order chi connectivity index (χ0) is 29.1. The molecule has 1 amide bonds. The number of hydrogen-bond acceptors (Lipinski definition) is 7. The fourth-order valence-corrected chi connectivity index (χ4v) is 6.78. The first-order chi connectivity index (χ1) is 19.3. The molecule has 2 saturated heterocycles. The van der Waals surface area contributed by atoms with E-state index in [1.807, 2.05) is 13.0 Å². The fourth-order valence-electron chi connectivity index (χ4n) is 5.49. The maximum Gasteiger partial charge on any atom is 0.303 e. The van der Waals surface area contributed by atoms with Crippen LogP contribution in [0.15, 0.2) is 9.70 Å². The lowest BCUT2D eigenvalue weighted by atomic mass is 10.0. The van der Waals surface area contributed by atoms with Gasteiger partial charge in [0.25, 0.3) is 11.5 Å². The summed E-state index contributed by atoms with van der Waals surface area (Å²) >= 11 is 6.88. The van der Waals surface area contributed by atoms with Gasteiger partial charge in [0, 0.05) is 38.2 Å². The highest BCUT2D eigenvalue weighted by molar-refractivity contribution is 8.26. The number of thioether (sulfide) groups is 1. The van der Waals surface area contributed by atoms with Crippen LogP contribution < -0.4 is 10.5 Å². The van der Waals surface area contributed by atoms with Crippen molar-refractivity contribution in [1.29, 1.82) is 5.26 Å². The molecule has 0 unspecified atom stereocenters. The molecule has 1 N–H and O–H groups in total. The van der Waals surface area contributed by atoms with E-state index in [2.05, 4.69) is 11.0 Å². The van der Waals surface area contributed by atoms with Crippen LogP contribution in [0, 0.1) is 18.3 Å². The topological polar surface area (TPSA) is 107 Å². The largest absolute Gasteiger partial charge is 0.481 e. The molecule has 218 valence electrons. The van der Waals surface area contributed by atoms with Gasteiger partial charge in [-0.1, -0.05) is 75.3 Å². The normalized spacial score (nSPS) is 17.0. The first-order valence-electron chi connectivity index (χ1n) is 14.7. The Hall–Kier alpha value is -2.64. The van der Waals surface area contributed by atoms with Crippen LogP contribution in [0.3, 0.4) is 0 Å². The van der Waals surface area contributed by atoms with Crippen molar-refractivity contribution in [2.75, 3.05) is 24.5 Å². The lowest BCUT2D eigenvalue weighted by molar-refractivity contribution is -0.137. The highest BCUT2D eigenvalue weighted by Gasteiger charge is 2.33. The molecule has 10 heteroatoms. The Labute approximate surface area is 247 Å². The van der Waals surface area contributed by atoms with Gasteiger partial charge in [0.1, 0.15) is 21.8 Å². The number of carboxylic acids is 1. The summed E-state index contributed by atoms with van der Waals surface area (Å²) in [6.45, 7) is 6.44. The smallest absolute Gasteiger partial charge is 0.303 e. The zero-order valence-electron chi connectivity index (χ0n) is 23.9. The van der Waals surface area contributed by atoms with E-state index >= 15 is 0 Å². The lowest BCUT2D eigenvalue weighted by Gasteiger charge is -2.29. The average Bonchev–Trinajstić information content (AvgIpc) is 3.09. The predicted octanol–water partition coefficient (Wildman–Crippen LogP) is 6.23. The fraction of sp³-hybridized carbons (Fsp3) is 0.633. The monoisotopic (exact) mass is 586 g/mol. The molecule has 0 bridgehead atoms. The molecule has 3 heterocycles. The summed E-state index contributed by atoms with van der Waals surface area (Å²) in [5.41, 5.74) is 1.24. The van der Waals surface area contributed by atoms with E-state index < -0.39 is 5.97 Å². The molecule has 40 heavy (non-hydrogen) atoms. The van der Waals surface area contributed by atoms with Crippen LogP contribution in [0.4, 0.5) is 5.82 Å². The molecule has 0 atom stereocenters. The SMILES string of the molecule is CCn1c(N2CCCCCC2)c(/C=C2/SC(=S)N(CCCCCCCCCCC(=O)O)C2=O)c(C)c(C#N)c1=O. The van der Waals surface area contributed by atoms with Crippen molar-refractivity contribution in [2.24, 2.45) is 0 Å². The molecule has 0 aromatic carbocycles. The van der Waals surface area contributed by atoms with Gasteiger partial charge >= 0.3 is 5.97 Å². The number of nitrogens with zero attached hydrogens (tertiary/aromatic N) is 4. The quantitative estimate of drug-likeness (QED) is 0.155. The molecule has 0 saturated carbocycles. The molecule has 0 spiro atoms. The number of aromatic nitrogens is 1. The third-order valence-corrected chi connectivity index (χ3v) is 9.12. The number of carboxylic acid groups (broad SMARTS) is 1. The van der Waals surface area contributed by atoms with Crippen molar-refractivity contribution in [1.82, 2.24) is 9.47 Å². The number of pyridine rings is 1. The van der Waals surface area contributed by atoms with Crippen molar-refractivity contribution < 1.29 is 14.7 Å². The van der Waals surface area contributed by atoms with Gasteiger partial charge in [0.15, 0.2) is 0 Å². The summed E-state index contributed by atoms with van der Waals surface area (Å²) in [6.07, 6.45) is 14.4. The Balaban J connectivity index is 1.70. The summed E-state index contributed by atoms with van der Waals surface area (Å²) in [5, 5.41) is 18.5. The van der Waals surface area contributed by atoms with E-state index in [9.17, 15) is 19.6 Å². The third-order valence-electron chi connectivity index (χ3n) is 7.74. The lowest BCUT2D eigenvalue weighted by Crippen LogP contribution is -2.35. The van der Waals surface area contributed by atoms with Gasteiger partial charge in [-0.3, -0.25) is 23.9 Å². The van der Waals surface area contributed by atoms with Crippen LogP contribution >= 0.6 is 24.0 Å². The van der Waals surface area contributed by atoms with E-state index in [1.54, 1.807) is 16.4 Å². The Morgan fingerprint density at radius 2 is 1.62 bits per heavy atom. The second-order valence-corrected chi connectivity index (χ2v) is 12.3. The Kier molecular flexibility index (Phi) is 12.7. The molecule has 0 radical (unpaired) electrons. The van der Waals surface area contributed by atoms with Crippen molar-refractivity contribution in [3.05, 3.63) is 31.9 Å². The number of unbranched alkanes of at least 4 members (excludes halogenated alkanes) is 7. The molecular weight excluding hydrogens is 544 g/mol. The minimum absolute atomic E-state index is 0.109. The molecule has 0 aliphatic carbocycles. The maximum atomic E-state index is 13.4. The highest BCUT2D eigenvalue weighted by Crippen LogP contribution is 2.36. The van der Waals surface area contributed by atoms with Crippen molar-refractivity contribution in [3.63, 3.8) is 0 Å². The van der Waals surface area contributed by atoms with Crippen LogP contribution in [0.2, 0.25) is 0 Å². The van der Waals surface area contributed by atoms with Crippen molar-refractivity contribution in [2.45, 2.75) is 104 Å².